The van der Waals surface area contributed by atoms with E-state index in [9.17, 15) is 9.59 Å². The summed E-state index contributed by atoms with van der Waals surface area (Å²) in [6.07, 6.45) is 28.3. The second-order valence-corrected chi connectivity index (χ2v) is 8.48. The topological polar surface area (TPSA) is 43.4 Å². The van der Waals surface area contributed by atoms with Crippen LogP contribution in [0.2, 0.25) is 0 Å². The van der Waals surface area contributed by atoms with Crippen molar-refractivity contribution in [3.05, 3.63) is 12.2 Å². The Morgan fingerprint density at radius 1 is 0.714 bits per heavy atom. The molecule has 1 unspecified atom stereocenters. The molecule has 1 atom stereocenters. The van der Waals surface area contributed by atoms with Crippen LogP contribution in [0.4, 0.5) is 0 Å². The van der Waals surface area contributed by atoms with Crippen LogP contribution in [0.15, 0.2) is 12.2 Å². The van der Waals surface area contributed by atoms with Gasteiger partial charge in [0.25, 0.3) is 0 Å². The van der Waals surface area contributed by atoms with Crippen molar-refractivity contribution in [3.8, 4) is 0 Å². The first kappa shape index (κ1) is 24.9. The predicted octanol–water partition coefficient (Wildman–Crippen LogP) is 7.67. The number of ether oxygens (including phenoxy) is 1. The van der Waals surface area contributed by atoms with Gasteiger partial charge in [0.05, 0.1) is 12.3 Å². The molecule has 1 heterocycles. The van der Waals surface area contributed by atoms with Crippen molar-refractivity contribution in [2.24, 2.45) is 5.92 Å². The molecule has 0 radical (unpaired) electrons. The second kappa shape index (κ2) is 17.9. The number of esters is 2. The van der Waals surface area contributed by atoms with Crippen LogP contribution in [0.25, 0.3) is 0 Å². The van der Waals surface area contributed by atoms with E-state index in [-0.39, 0.29) is 17.9 Å². The number of carbonyl (C=O) groups excluding carboxylic acids is 2. The molecule has 0 bridgehead atoms. The minimum absolute atomic E-state index is 0.166. The Morgan fingerprint density at radius 3 is 1.64 bits per heavy atom. The minimum atomic E-state index is -0.348. The first-order valence-corrected chi connectivity index (χ1v) is 12.1. The average Bonchev–Trinajstić information content (AvgIpc) is 3.00. The number of unbranched alkanes of at least 4 members (excludes halogenated alkanes) is 15. The molecule has 3 nitrogen and oxygen atoms in total. The van der Waals surface area contributed by atoms with Gasteiger partial charge in [0.2, 0.25) is 0 Å². The van der Waals surface area contributed by atoms with Gasteiger partial charge < -0.3 is 4.74 Å². The number of rotatable bonds is 19. The van der Waals surface area contributed by atoms with Crippen LogP contribution >= 0.6 is 0 Å². The van der Waals surface area contributed by atoms with Gasteiger partial charge in [-0.2, -0.15) is 0 Å². The monoisotopic (exact) mass is 392 g/mol. The van der Waals surface area contributed by atoms with Crippen molar-refractivity contribution in [2.45, 2.75) is 129 Å². The van der Waals surface area contributed by atoms with Crippen LogP contribution in [0.1, 0.15) is 129 Å². The van der Waals surface area contributed by atoms with Crippen LogP contribution < -0.4 is 0 Å². The summed E-state index contributed by atoms with van der Waals surface area (Å²) in [7, 11) is 0. The van der Waals surface area contributed by atoms with Gasteiger partial charge in [0, 0.05) is 0 Å². The number of carbonyl (C=O) groups is 2. The predicted molar refractivity (Wildman–Crippen MR) is 117 cm³/mol. The first-order chi connectivity index (χ1) is 13.7. The Morgan fingerprint density at radius 2 is 1.18 bits per heavy atom. The molecule has 28 heavy (non-hydrogen) atoms. The number of cyclic esters (lactones) is 2. The summed E-state index contributed by atoms with van der Waals surface area (Å²) in [6.45, 7) is 2.28. The van der Waals surface area contributed by atoms with Gasteiger partial charge in [-0.1, -0.05) is 103 Å². The molecule has 0 aromatic rings. The molecule has 0 saturated carbocycles. The lowest BCUT2D eigenvalue weighted by molar-refractivity contribution is -0.153. The summed E-state index contributed by atoms with van der Waals surface area (Å²) >= 11 is 0. The van der Waals surface area contributed by atoms with Gasteiger partial charge >= 0.3 is 11.9 Å². The van der Waals surface area contributed by atoms with E-state index >= 15 is 0 Å². The van der Waals surface area contributed by atoms with Gasteiger partial charge in [-0.25, -0.2) is 0 Å². The molecule has 0 amide bonds. The smallest absolute Gasteiger partial charge is 0.317 e. The Hall–Kier alpha value is -1.12. The minimum Gasteiger partial charge on any atom is -0.393 e. The zero-order valence-electron chi connectivity index (χ0n) is 18.4. The van der Waals surface area contributed by atoms with E-state index in [1.54, 1.807) is 0 Å². The highest BCUT2D eigenvalue weighted by molar-refractivity contribution is 5.94. The van der Waals surface area contributed by atoms with E-state index in [0.29, 0.717) is 6.42 Å². The highest BCUT2D eigenvalue weighted by atomic mass is 16.6. The summed E-state index contributed by atoms with van der Waals surface area (Å²) in [5.74, 6) is -0.821. The maximum atomic E-state index is 11.4. The van der Waals surface area contributed by atoms with E-state index in [1.165, 1.54) is 96.3 Å². The molecule has 162 valence electrons. The molecule has 1 aliphatic rings. The highest BCUT2D eigenvalue weighted by Crippen LogP contribution is 2.22. The SMILES string of the molecule is CCCCCCCCCCCC/C=C/CCCCCCCC1CC(=O)OC1=O. The summed E-state index contributed by atoms with van der Waals surface area (Å²) < 4.78 is 4.58. The molecule has 1 aliphatic heterocycles. The van der Waals surface area contributed by atoms with Gasteiger partial charge in [0.15, 0.2) is 0 Å². The highest BCUT2D eigenvalue weighted by Gasteiger charge is 2.32. The third-order valence-electron chi connectivity index (χ3n) is 5.78. The Balaban J connectivity index is 1.74. The molecule has 0 aromatic carbocycles. The van der Waals surface area contributed by atoms with E-state index in [1.807, 2.05) is 0 Å². The normalized spacial score (nSPS) is 17.0. The third kappa shape index (κ3) is 14.0. The van der Waals surface area contributed by atoms with Crippen molar-refractivity contribution >= 4 is 11.9 Å². The molecule has 1 fully saturated rings. The number of hydrogen-bond acceptors (Lipinski definition) is 3. The molecule has 1 saturated heterocycles. The summed E-state index contributed by atoms with van der Waals surface area (Å²) in [6, 6.07) is 0. The van der Waals surface area contributed by atoms with Gasteiger partial charge in [-0.05, 0) is 32.1 Å². The van der Waals surface area contributed by atoms with Crippen molar-refractivity contribution in [1.82, 2.24) is 0 Å². The zero-order chi connectivity index (χ0) is 20.3. The maximum absolute atomic E-state index is 11.4. The fraction of sp³-hybridized carbons (Fsp3) is 0.840. The number of allylic oxidation sites excluding steroid dienone is 2. The molecule has 0 aliphatic carbocycles. The maximum Gasteiger partial charge on any atom is 0.317 e. The van der Waals surface area contributed by atoms with E-state index in [0.717, 1.165) is 19.3 Å². The zero-order valence-corrected chi connectivity index (χ0v) is 18.4. The first-order valence-electron chi connectivity index (χ1n) is 12.1. The van der Waals surface area contributed by atoms with Crippen molar-refractivity contribution < 1.29 is 14.3 Å². The van der Waals surface area contributed by atoms with Gasteiger partial charge in [-0.3, -0.25) is 9.59 Å². The largest absolute Gasteiger partial charge is 0.393 e. The molecule has 3 heteroatoms. The van der Waals surface area contributed by atoms with Gasteiger partial charge in [-0.15, -0.1) is 0 Å². The molecular weight excluding hydrogens is 348 g/mol. The lowest BCUT2D eigenvalue weighted by Crippen LogP contribution is -2.06. The van der Waals surface area contributed by atoms with Crippen molar-refractivity contribution in [3.63, 3.8) is 0 Å². The molecule has 0 spiro atoms. The standard InChI is InChI=1S/C25H44O3/c1-2-3-4-5-6-7-8-9-10-11-12-13-14-15-16-17-18-19-20-21-23-22-24(26)28-25(23)27/h13-14,23H,2-12,15-22H2,1H3/b14-13+. The molecule has 1 rings (SSSR count). The van der Waals surface area contributed by atoms with Crippen molar-refractivity contribution in [1.29, 1.82) is 0 Å². The van der Waals surface area contributed by atoms with Crippen molar-refractivity contribution in [2.75, 3.05) is 0 Å². The van der Waals surface area contributed by atoms with Crippen LogP contribution in [0, 0.1) is 5.92 Å². The van der Waals surface area contributed by atoms with Crippen LogP contribution in [-0.4, -0.2) is 11.9 Å². The average molecular weight is 393 g/mol. The van der Waals surface area contributed by atoms with Crippen LogP contribution in [0.5, 0.6) is 0 Å². The quantitative estimate of drug-likeness (QED) is 0.0980. The fourth-order valence-corrected chi connectivity index (χ4v) is 3.91. The number of hydrogen-bond donors (Lipinski definition) is 0. The van der Waals surface area contributed by atoms with Crippen LogP contribution in [0.3, 0.4) is 0 Å². The third-order valence-corrected chi connectivity index (χ3v) is 5.78. The Bertz CT molecular complexity index is 428. The van der Waals surface area contributed by atoms with Gasteiger partial charge in [0.1, 0.15) is 0 Å². The molecular formula is C25H44O3. The summed E-state index contributed by atoms with van der Waals surface area (Å²) in [4.78, 5) is 22.4. The second-order valence-electron chi connectivity index (χ2n) is 8.48. The summed E-state index contributed by atoms with van der Waals surface area (Å²) in [5, 5.41) is 0. The fourth-order valence-electron chi connectivity index (χ4n) is 3.91. The Labute approximate surface area is 173 Å². The summed E-state index contributed by atoms with van der Waals surface area (Å²) in [5.41, 5.74) is 0. The Kier molecular flexibility index (Phi) is 16.0. The van der Waals surface area contributed by atoms with E-state index in [2.05, 4.69) is 23.8 Å². The molecule has 0 aromatic heterocycles. The lowest BCUT2D eigenvalue weighted by Gasteiger charge is -2.04. The van der Waals surface area contributed by atoms with Crippen LogP contribution in [-0.2, 0) is 14.3 Å². The lowest BCUT2D eigenvalue weighted by atomic mass is 9.99. The molecule has 0 N–H and O–H groups in total. The van der Waals surface area contributed by atoms with E-state index < -0.39 is 0 Å². The van der Waals surface area contributed by atoms with E-state index in [4.69, 9.17) is 0 Å².